The summed E-state index contributed by atoms with van der Waals surface area (Å²) in [6.07, 6.45) is 0. The van der Waals surface area contributed by atoms with Crippen LogP contribution in [0.15, 0.2) is 48.5 Å². The van der Waals surface area contributed by atoms with Gasteiger partial charge in [-0.2, -0.15) is 0 Å². The normalized spacial score (nSPS) is 9.67. The quantitative estimate of drug-likeness (QED) is 0.860. The zero-order chi connectivity index (χ0) is 15.2. The van der Waals surface area contributed by atoms with Gasteiger partial charge in [0.15, 0.2) is 0 Å². The molecule has 3 nitrogen and oxygen atoms in total. The number of nitrogens with zero attached hydrogens (tertiary/aromatic N) is 1. The Bertz CT molecular complexity index is 716. The summed E-state index contributed by atoms with van der Waals surface area (Å²) in [4.78, 5) is 13.9. The lowest BCUT2D eigenvalue weighted by Crippen LogP contribution is -2.27. The molecule has 2 aromatic rings. The number of aliphatic hydroxyl groups excluding tert-OH is 1. The lowest BCUT2D eigenvalue weighted by Gasteiger charge is -2.18. The van der Waals surface area contributed by atoms with E-state index in [0.29, 0.717) is 16.8 Å². The summed E-state index contributed by atoms with van der Waals surface area (Å²) in [5.74, 6) is 4.57. The Morgan fingerprint density at radius 1 is 1.24 bits per heavy atom. The standard InChI is InChI=1S/C17H14FNO2/c1-19(15-9-4-8-14(18)12-15)17(21)16-10-3-2-6-13(16)7-5-11-20/h2-4,6,8-10,12,20H,11H2,1H3. The number of halogens is 1. The lowest BCUT2D eigenvalue weighted by molar-refractivity contribution is 0.0993. The number of anilines is 1. The van der Waals surface area contributed by atoms with Gasteiger partial charge in [0.25, 0.3) is 5.91 Å². The Kier molecular flexibility index (Phi) is 4.70. The molecule has 1 amide bonds. The molecule has 2 rings (SSSR count). The van der Waals surface area contributed by atoms with Crippen molar-refractivity contribution in [2.45, 2.75) is 0 Å². The molecule has 1 N–H and O–H groups in total. The van der Waals surface area contributed by atoms with Crippen LogP contribution < -0.4 is 4.90 Å². The Balaban J connectivity index is 2.36. The highest BCUT2D eigenvalue weighted by molar-refractivity contribution is 6.07. The average Bonchev–Trinajstić information content (AvgIpc) is 2.51. The van der Waals surface area contributed by atoms with Crippen LogP contribution in [0.1, 0.15) is 15.9 Å². The third-order valence-electron chi connectivity index (χ3n) is 2.96. The van der Waals surface area contributed by atoms with E-state index >= 15 is 0 Å². The molecule has 4 heteroatoms. The molecule has 0 aromatic heterocycles. The number of carbonyl (C=O) groups excluding carboxylic acids is 1. The van der Waals surface area contributed by atoms with Crippen molar-refractivity contribution in [3.8, 4) is 11.8 Å². The van der Waals surface area contributed by atoms with Gasteiger partial charge < -0.3 is 10.0 Å². The van der Waals surface area contributed by atoms with Crippen molar-refractivity contribution in [3.63, 3.8) is 0 Å². The van der Waals surface area contributed by atoms with Gasteiger partial charge in [0.2, 0.25) is 0 Å². The number of aliphatic hydroxyl groups is 1. The molecule has 0 spiro atoms. The molecular weight excluding hydrogens is 269 g/mol. The van der Waals surface area contributed by atoms with Crippen molar-refractivity contribution < 1.29 is 14.3 Å². The predicted octanol–water partition coefficient (Wildman–Crippen LogP) is 2.45. The first-order chi connectivity index (χ1) is 10.1. The fourth-order valence-electron chi connectivity index (χ4n) is 1.90. The monoisotopic (exact) mass is 283 g/mol. The first kappa shape index (κ1) is 14.8. The van der Waals surface area contributed by atoms with Crippen molar-refractivity contribution >= 4 is 11.6 Å². The molecule has 2 aromatic carbocycles. The zero-order valence-corrected chi connectivity index (χ0v) is 11.5. The minimum atomic E-state index is -0.402. The summed E-state index contributed by atoms with van der Waals surface area (Å²) in [6.45, 7) is -0.276. The predicted molar refractivity (Wildman–Crippen MR) is 79.5 cm³/mol. The fourth-order valence-corrected chi connectivity index (χ4v) is 1.90. The summed E-state index contributed by atoms with van der Waals surface area (Å²) < 4.78 is 13.3. The lowest BCUT2D eigenvalue weighted by atomic mass is 10.1. The van der Waals surface area contributed by atoms with Crippen molar-refractivity contribution in [3.05, 3.63) is 65.5 Å². The summed E-state index contributed by atoms with van der Waals surface area (Å²) in [6, 6.07) is 12.7. The van der Waals surface area contributed by atoms with Gasteiger partial charge in [0.05, 0.1) is 5.56 Å². The molecule has 0 heterocycles. The van der Waals surface area contributed by atoms with Crippen LogP contribution in [-0.4, -0.2) is 24.7 Å². The first-order valence-corrected chi connectivity index (χ1v) is 6.36. The van der Waals surface area contributed by atoms with Gasteiger partial charge in [-0.3, -0.25) is 4.79 Å². The average molecular weight is 283 g/mol. The van der Waals surface area contributed by atoms with Crippen LogP contribution in [0.4, 0.5) is 10.1 Å². The van der Waals surface area contributed by atoms with Gasteiger partial charge in [-0.25, -0.2) is 4.39 Å². The van der Waals surface area contributed by atoms with Crippen LogP contribution in [-0.2, 0) is 0 Å². The number of hydrogen-bond donors (Lipinski definition) is 1. The molecule has 0 saturated carbocycles. The minimum Gasteiger partial charge on any atom is -0.384 e. The molecular formula is C17H14FNO2. The van der Waals surface area contributed by atoms with Crippen LogP contribution in [0.3, 0.4) is 0 Å². The van der Waals surface area contributed by atoms with Gasteiger partial charge in [-0.15, -0.1) is 0 Å². The number of rotatable bonds is 2. The zero-order valence-electron chi connectivity index (χ0n) is 11.5. The smallest absolute Gasteiger partial charge is 0.259 e. The van der Waals surface area contributed by atoms with Crippen LogP contribution in [0.5, 0.6) is 0 Å². The Labute approximate surface area is 122 Å². The molecule has 21 heavy (non-hydrogen) atoms. The van der Waals surface area contributed by atoms with Crippen LogP contribution in [0.2, 0.25) is 0 Å². The molecule has 0 aliphatic rings. The van der Waals surface area contributed by atoms with Crippen molar-refractivity contribution in [2.24, 2.45) is 0 Å². The molecule has 0 bridgehead atoms. The molecule has 0 aliphatic carbocycles. The second-order valence-electron chi connectivity index (χ2n) is 4.35. The van der Waals surface area contributed by atoms with E-state index in [4.69, 9.17) is 5.11 Å². The molecule has 0 radical (unpaired) electrons. The fraction of sp³-hybridized carbons (Fsp3) is 0.118. The van der Waals surface area contributed by atoms with Gasteiger partial charge >= 0.3 is 0 Å². The van der Waals surface area contributed by atoms with Crippen LogP contribution in [0, 0.1) is 17.7 Å². The molecule has 0 fully saturated rings. The highest BCUT2D eigenvalue weighted by atomic mass is 19.1. The summed E-state index contributed by atoms with van der Waals surface area (Å²) in [7, 11) is 1.58. The topological polar surface area (TPSA) is 40.5 Å². The van der Waals surface area contributed by atoms with Crippen molar-refractivity contribution in [1.29, 1.82) is 0 Å². The highest BCUT2D eigenvalue weighted by Crippen LogP contribution is 2.18. The largest absolute Gasteiger partial charge is 0.384 e. The van der Waals surface area contributed by atoms with E-state index in [1.54, 1.807) is 43.4 Å². The van der Waals surface area contributed by atoms with E-state index in [9.17, 15) is 9.18 Å². The second-order valence-corrected chi connectivity index (χ2v) is 4.35. The van der Waals surface area contributed by atoms with Gasteiger partial charge in [0, 0.05) is 18.3 Å². The van der Waals surface area contributed by atoms with Crippen molar-refractivity contribution in [2.75, 3.05) is 18.6 Å². The van der Waals surface area contributed by atoms with E-state index in [-0.39, 0.29) is 12.5 Å². The van der Waals surface area contributed by atoms with E-state index in [2.05, 4.69) is 11.8 Å². The Morgan fingerprint density at radius 3 is 2.71 bits per heavy atom. The van der Waals surface area contributed by atoms with Crippen molar-refractivity contribution in [1.82, 2.24) is 0 Å². The SMILES string of the molecule is CN(C(=O)c1ccccc1C#CCO)c1cccc(F)c1. The molecule has 106 valence electrons. The highest BCUT2D eigenvalue weighted by Gasteiger charge is 2.16. The molecule has 0 unspecified atom stereocenters. The maximum absolute atomic E-state index is 13.3. The van der Waals surface area contributed by atoms with Gasteiger partial charge in [-0.05, 0) is 30.3 Å². The number of amides is 1. The molecule has 0 atom stereocenters. The van der Waals surface area contributed by atoms with Crippen LogP contribution >= 0.6 is 0 Å². The number of hydrogen-bond acceptors (Lipinski definition) is 2. The Hall–Kier alpha value is -2.64. The summed E-state index contributed by atoms with van der Waals surface area (Å²) in [5.41, 5.74) is 1.40. The third kappa shape index (κ3) is 3.47. The van der Waals surface area contributed by atoms with E-state index in [0.717, 1.165) is 0 Å². The first-order valence-electron chi connectivity index (χ1n) is 6.36. The third-order valence-corrected chi connectivity index (χ3v) is 2.96. The maximum atomic E-state index is 13.3. The second kappa shape index (κ2) is 6.69. The molecule has 0 aliphatic heterocycles. The maximum Gasteiger partial charge on any atom is 0.259 e. The van der Waals surface area contributed by atoms with E-state index < -0.39 is 5.82 Å². The number of carbonyl (C=O) groups is 1. The molecule has 0 saturated heterocycles. The Morgan fingerprint density at radius 2 is 2.00 bits per heavy atom. The summed E-state index contributed by atoms with van der Waals surface area (Å²) >= 11 is 0. The van der Waals surface area contributed by atoms with Gasteiger partial charge in [-0.1, -0.05) is 30.0 Å². The number of benzene rings is 2. The van der Waals surface area contributed by atoms with E-state index in [1.165, 1.54) is 17.0 Å². The summed E-state index contributed by atoms with van der Waals surface area (Å²) in [5, 5.41) is 8.76. The van der Waals surface area contributed by atoms with Crippen LogP contribution in [0.25, 0.3) is 0 Å². The minimum absolute atomic E-state index is 0.276. The van der Waals surface area contributed by atoms with Gasteiger partial charge in [0.1, 0.15) is 12.4 Å². The van der Waals surface area contributed by atoms with E-state index in [1.807, 2.05) is 0 Å².